The highest BCUT2D eigenvalue weighted by molar-refractivity contribution is 9.10. The van der Waals surface area contributed by atoms with Crippen LogP contribution in [0.3, 0.4) is 0 Å². The Labute approximate surface area is 125 Å². The van der Waals surface area contributed by atoms with Crippen molar-refractivity contribution >= 4 is 15.9 Å². The maximum Gasteiger partial charge on any atom is 0.252 e. The van der Waals surface area contributed by atoms with Crippen molar-refractivity contribution in [3.63, 3.8) is 0 Å². The maximum absolute atomic E-state index is 5.77. The molecule has 0 spiro atoms. The zero-order chi connectivity index (χ0) is 14.0. The van der Waals surface area contributed by atoms with Gasteiger partial charge in [0.15, 0.2) is 5.82 Å². The Balaban J connectivity index is 1.57. The van der Waals surface area contributed by atoms with Crippen LogP contribution in [-0.2, 0) is 17.8 Å². The summed E-state index contributed by atoms with van der Waals surface area (Å²) in [7, 11) is 0. The zero-order valence-corrected chi connectivity index (χ0v) is 12.8. The molecule has 2 aromatic rings. The fourth-order valence-electron chi connectivity index (χ4n) is 2.02. The van der Waals surface area contributed by atoms with Gasteiger partial charge in [-0.1, -0.05) is 33.2 Å². The molecule has 0 atom stereocenters. The van der Waals surface area contributed by atoms with E-state index in [-0.39, 0.29) is 5.60 Å². The Kier molecular flexibility index (Phi) is 3.87. The highest BCUT2D eigenvalue weighted by Gasteiger charge is 2.32. The lowest BCUT2D eigenvalue weighted by atomic mass is 10.0. The molecule has 1 aromatic heterocycles. The first-order valence-corrected chi connectivity index (χ1v) is 7.33. The molecule has 1 saturated heterocycles. The molecular weight excluding hydrogens is 322 g/mol. The van der Waals surface area contributed by atoms with Crippen molar-refractivity contribution in [3.8, 4) is 0 Å². The smallest absolute Gasteiger partial charge is 0.252 e. The summed E-state index contributed by atoms with van der Waals surface area (Å²) in [6.45, 7) is 4.17. The van der Waals surface area contributed by atoms with Crippen LogP contribution in [0.25, 0.3) is 0 Å². The number of nitrogens with zero attached hydrogens (tertiary/aromatic N) is 2. The number of nitrogens with one attached hydrogen (secondary N) is 1. The largest absolute Gasteiger partial charge is 0.363 e. The lowest BCUT2D eigenvalue weighted by Gasteiger charge is -2.38. The lowest BCUT2D eigenvalue weighted by molar-refractivity contribution is -0.0841. The summed E-state index contributed by atoms with van der Waals surface area (Å²) >= 11 is 3.41. The Morgan fingerprint density at radius 3 is 2.75 bits per heavy atom. The quantitative estimate of drug-likeness (QED) is 0.907. The Morgan fingerprint density at radius 2 is 2.10 bits per heavy atom. The summed E-state index contributed by atoms with van der Waals surface area (Å²) in [6.07, 6.45) is 0.662. The summed E-state index contributed by atoms with van der Waals surface area (Å²) in [5.74, 6) is 1.22. The van der Waals surface area contributed by atoms with Crippen LogP contribution in [0.5, 0.6) is 0 Å². The van der Waals surface area contributed by atoms with Gasteiger partial charge in [0.1, 0.15) is 6.61 Å². The number of benzene rings is 1. The third kappa shape index (κ3) is 3.26. The molecule has 3 rings (SSSR count). The van der Waals surface area contributed by atoms with Gasteiger partial charge in [-0.2, -0.15) is 4.98 Å². The van der Waals surface area contributed by atoms with E-state index in [0.717, 1.165) is 23.1 Å². The van der Waals surface area contributed by atoms with E-state index in [1.165, 1.54) is 0 Å². The first kappa shape index (κ1) is 13.7. The van der Waals surface area contributed by atoms with Crippen molar-refractivity contribution in [2.45, 2.75) is 25.6 Å². The molecule has 1 N–H and O–H groups in total. The van der Waals surface area contributed by atoms with Crippen LogP contribution in [0, 0.1) is 0 Å². The van der Waals surface area contributed by atoms with E-state index in [4.69, 9.17) is 9.26 Å². The summed E-state index contributed by atoms with van der Waals surface area (Å²) < 4.78 is 12.0. The van der Waals surface area contributed by atoms with Crippen LogP contribution in [0.4, 0.5) is 0 Å². The van der Waals surface area contributed by atoms with Crippen molar-refractivity contribution in [2.24, 2.45) is 0 Å². The second-order valence-electron chi connectivity index (χ2n) is 5.25. The van der Waals surface area contributed by atoms with Crippen molar-refractivity contribution in [2.75, 3.05) is 13.1 Å². The van der Waals surface area contributed by atoms with Crippen molar-refractivity contribution in [1.82, 2.24) is 15.5 Å². The number of hydrogen-bond acceptors (Lipinski definition) is 5. The van der Waals surface area contributed by atoms with Crippen LogP contribution in [0.1, 0.15) is 24.2 Å². The molecule has 1 fully saturated rings. The number of halogens is 1. The molecular formula is C14H16BrN3O2. The summed E-state index contributed by atoms with van der Waals surface area (Å²) in [5, 5.41) is 7.17. The van der Waals surface area contributed by atoms with Crippen molar-refractivity contribution in [1.29, 1.82) is 0 Å². The predicted octanol–water partition coefficient (Wildman–Crippen LogP) is 2.30. The minimum Gasteiger partial charge on any atom is -0.363 e. The molecule has 106 valence electrons. The van der Waals surface area contributed by atoms with Gasteiger partial charge in [0.25, 0.3) is 5.89 Å². The van der Waals surface area contributed by atoms with E-state index >= 15 is 0 Å². The average Bonchev–Trinajstić information content (AvgIpc) is 2.85. The molecule has 2 heterocycles. The second kappa shape index (κ2) is 5.63. The van der Waals surface area contributed by atoms with Gasteiger partial charge in [0.2, 0.25) is 0 Å². The molecule has 0 amide bonds. The Bertz CT molecular complexity index is 578. The van der Waals surface area contributed by atoms with Crippen LogP contribution in [0.2, 0.25) is 0 Å². The van der Waals surface area contributed by atoms with Gasteiger partial charge in [0, 0.05) is 24.0 Å². The van der Waals surface area contributed by atoms with Gasteiger partial charge in [-0.05, 0) is 24.6 Å². The van der Waals surface area contributed by atoms with Crippen LogP contribution in [0.15, 0.2) is 33.3 Å². The first-order chi connectivity index (χ1) is 9.63. The van der Waals surface area contributed by atoms with E-state index in [9.17, 15) is 0 Å². The summed E-state index contributed by atoms with van der Waals surface area (Å²) in [4.78, 5) is 4.35. The first-order valence-electron chi connectivity index (χ1n) is 6.54. The van der Waals surface area contributed by atoms with Gasteiger partial charge >= 0.3 is 0 Å². The predicted molar refractivity (Wildman–Crippen MR) is 77.3 cm³/mol. The molecule has 0 saturated carbocycles. The molecule has 6 heteroatoms. The molecule has 20 heavy (non-hydrogen) atoms. The number of rotatable bonds is 5. The minimum atomic E-state index is -0.0969. The molecule has 1 aliphatic heterocycles. The summed E-state index contributed by atoms with van der Waals surface area (Å²) in [6, 6.07) is 8.09. The van der Waals surface area contributed by atoms with Crippen LogP contribution >= 0.6 is 15.9 Å². The molecule has 0 radical (unpaired) electrons. The van der Waals surface area contributed by atoms with E-state index in [2.05, 4.69) is 38.3 Å². The molecule has 0 aliphatic carbocycles. The van der Waals surface area contributed by atoms with Gasteiger partial charge in [0.05, 0.1) is 5.60 Å². The standard InChI is InChI=1S/C14H16BrN3O2/c1-14(8-16-9-14)19-7-13-17-12(18-20-13)6-10-2-4-11(15)5-3-10/h2-5,16H,6-9H2,1H3. The SMILES string of the molecule is CC1(OCc2nc(Cc3ccc(Br)cc3)no2)CNC1. The van der Waals surface area contributed by atoms with E-state index in [0.29, 0.717) is 24.7 Å². The number of ether oxygens (including phenoxy) is 1. The van der Waals surface area contributed by atoms with Gasteiger partial charge in [-0.3, -0.25) is 0 Å². The van der Waals surface area contributed by atoms with Gasteiger partial charge in [-0.15, -0.1) is 0 Å². The van der Waals surface area contributed by atoms with E-state index in [1.807, 2.05) is 24.3 Å². The van der Waals surface area contributed by atoms with Crippen molar-refractivity contribution < 1.29 is 9.26 Å². The topological polar surface area (TPSA) is 60.2 Å². The number of hydrogen-bond donors (Lipinski definition) is 1. The van der Waals surface area contributed by atoms with E-state index in [1.54, 1.807) is 0 Å². The number of aromatic nitrogens is 2. The fourth-order valence-corrected chi connectivity index (χ4v) is 2.28. The van der Waals surface area contributed by atoms with E-state index < -0.39 is 0 Å². The average molecular weight is 338 g/mol. The second-order valence-corrected chi connectivity index (χ2v) is 6.17. The normalized spacial score (nSPS) is 16.9. The fraction of sp³-hybridized carbons (Fsp3) is 0.429. The monoisotopic (exact) mass is 337 g/mol. The Hall–Kier alpha value is -1.24. The van der Waals surface area contributed by atoms with Crippen LogP contribution < -0.4 is 5.32 Å². The molecule has 0 unspecified atom stereocenters. The third-order valence-corrected chi connectivity index (χ3v) is 3.86. The zero-order valence-electron chi connectivity index (χ0n) is 11.2. The van der Waals surface area contributed by atoms with Crippen molar-refractivity contribution in [3.05, 3.63) is 46.0 Å². The molecule has 1 aromatic carbocycles. The Morgan fingerprint density at radius 1 is 1.35 bits per heavy atom. The van der Waals surface area contributed by atoms with Crippen LogP contribution in [-0.4, -0.2) is 28.8 Å². The molecule has 5 nitrogen and oxygen atoms in total. The maximum atomic E-state index is 5.77. The molecule has 0 bridgehead atoms. The summed E-state index contributed by atoms with van der Waals surface area (Å²) in [5.41, 5.74) is 1.05. The highest BCUT2D eigenvalue weighted by Crippen LogP contribution is 2.18. The van der Waals surface area contributed by atoms with Gasteiger partial charge < -0.3 is 14.6 Å². The minimum absolute atomic E-state index is 0.0969. The highest BCUT2D eigenvalue weighted by atomic mass is 79.9. The lowest BCUT2D eigenvalue weighted by Crippen LogP contribution is -2.58. The molecule has 1 aliphatic rings. The third-order valence-electron chi connectivity index (χ3n) is 3.33. The van der Waals surface area contributed by atoms with Gasteiger partial charge in [-0.25, -0.2) is 0 Å².